The molecule has 0 aromatic heterocycles. The highest BCUT2D eigenvalue weighted by Gasteiger charge is 2.23. The Balaban J connectivity index is 0.00000272. The number of amides is 1. The number of benzene rings is 3. The van der Waals surface area contributed by atoms with Crippen LogP contribution in [0.3, 0.4) is 0 Å². The first-order valence-corrected chi connectivity index (χ1v) is 9.90. The third-order valence-electron chi connectivity index (χ3n) is 4.99. The van der Waals surface area contributed by atoms with E-state index in [2.05, 4.69) is 5.32 Å². The minimum absolute atomic E-state index is 0. The standard InChI is InChI=1S/C24H23FN2O3.ClH/c25-22-10-9-20(30-19-7-5-16(6-8-19)11-12-26)14-21(22)24(28)27-18-13-17-3-1-2-4-23(17)29-15-18;/h1-10,14,18H,11-13,15,26H2,(H,27,28);1H. The van der Waals surface area contributed by atoms with E-state index in [0.29, 0.717) is 31.1 Å². The Morgan fingerprint density at radius 1 is 1.10 bits per heavy atom. The van der Waals surface area contributed by atoms with Crippen molar-refractivity contribution in [2.45, 2.75) is 18.9 Å². The topological polar surface area (TPSA) is 73.6 Å². The molecule has 0 radical (unpaired) electrons. The number of carbonyl (C=O) groups is 1. The molecule has 1 unspecified atom stereocenters. The van der Waals surface area contributed by atoms with Crippen molar-refractivity contribution >= 4 is 18.3 Å². The Bertz CT molecular complexity index is 1040. The van der Waals surface area contributed by atoms with Crippen molar-refractivity contribution in [3.8, 4) is 17.2 Å². The summed E-state index contributed by atoms with van der Waals surface area (Å²) in [7, 11) is 0. The second kappa shape index (κ2) is 10.3. The molecule has 0 saturated heterocycles. The number of ether oxygens (including phenoxy) is 2. The zero-order valence-electron chi connectivity index (χ0n) is 16.8. The number of fused-ring (bicyclic) bond motifs is 1. The average molecular weight is 443 g/mol. The van der Waals surface area contributed by atoms with E-state index in [4.69, 9.17) is 15.2 Å². The molecule has 7 heteroatoms. The number of hydrogen-bond donors (Lipinski definition) is 2. The second-order valence-corrected chi connectivity index (χ2v) is 7.22. The number of halogens is 2. The van der Waals surface area contributed by atoms with Crippen LogP contribution < -0.4 is 20.5 Å². The molecule has 3 N–H and O–H groups in total. The Kier molecular flexibility index (Phi) is 7.50. The van der Waals surface area contributed by atoms with Gasteiger partial charge in [0, 0.05) is 0 Å². The van der Waals surface area contributed by atoms with E-state index in [9.17, 15) is 9.18 Å². The summed E-state index contributed by atoms with van der Waals surface area (Å²) in [5.41, 5.74) is 7.63. The largest absolute Gasteiger partial charge is 0.491 e. The first-order valence-electron chi connectivity index (χ1n) is 9.90. The van der Waals surface area contributed by atoms with Crippen molar-refractivity contribution in [2.75, 3.05) is 13.2 Å². The Labute approximate surface area is 186 Å². The molecule has 1 aliphatic rings. The summed E-state index contributed by atoms with van der Waals surface area (Å²) in [4.78, 5) is 12.7. The summed E-state index contributed by atoms with van der Waals surface area (Å²) in [6.07, 6.45) is 1.42. The van der Waals surface area contributed by atoms with Crippen LogP contribution in [0.1, 0.15) is 21.5 Å². The van der Waals surface area contributed by atoms with Gasteiger partial charge in [0.1, 0.15) is 29.7 Å². The van der Waals surface area contributed by atoms with Crippen LogP contribution in [0, 0.1) is 5.82 Å². The zero-order valence-corrected chi connectivity index (χ0v) is 17.7. The molecular weight excluding hydrogens is 419 g/mol. The quantitative estimate of drug-likeness (QED) is 0.597. The van der Waals surface area contributed by atoms with Crippen LogP contribution in [-0.4, -0.2) is 25.1 Å². The van der Waals surface area contributed by atoms with Crippen LogP contribution in [0.25, 0.3) is 0 Å². The van der Waals surface area contributed by atoms with Crippen LogP contribution in [0.4, 0.5) is 4.39 Å². The maximum atomic E-state index is 14.3. The molecule has 0 bridgehead atoms. The lowest BCUT2D eigenvalue weighted by atomic mass is 10.0. The summed E-state index contributed by atoms with van der Waals surface area (Å²) in [6.45, 7) is 0.921. The van der Waals surface area contributed by atoms with Gasteiger partial charge in [-0.2, -0.15) is 0 Å². The van der Waals surface area contributed by atoms with Gasteiger partial charge in [-0.1, -0.05) is 30.3 Å². The van der Waals surface area contributed by atoms with Gasteiger partial charge < -0.3 is 20.5 Å². The molecule has 1 aliphatic heterocycles. The van der Waals surface area contributed by atoms with Crippen molar-refractivity contribution in [2.24, 2.45) is 5.73 Å². The van der Waals surface area contributed by atoms with Gasteiger partial charge in [-0.3, -0.25) is 4.79 Å². The van der Waals surface area contributed by atoms with E-state index < -0.39 is 11.7 Å². The van der Waals surface area contributed by atoms with Crippen molar-refractivity contribution in [3.63, 3.8) is 0 Å². The Morgan fingerprint density at radius 2 is 1.84 bits per heavy atom. The van der Waals surface area contributed by atoms with Crippen LogP contribution >= 0.6 is 12.4 Å². The molecule has 0 spiro atoms. The van der Waals surface area contributed by atoms with E-state index in [1.165, 1.54) is 18.2 Å². The molecule has 4 rings (SSSR count). The summed E-state index contributed by atoms with van der Waals surface area (Å²) >= 11 is 0. The third-order valence-corrected chi connectivity index (χ3v) is 4.99. The second-order valence-electron chi connectivity index (χ2n) is 7.22. The number of hydrogen-bond acceptors (Lipinski definition) is 4. The fourth-order valence-corrected chi connectivity index (χ4v) is 3.45. The lowest BCUT2D eigenvalue weighted by Crippen LogP contribution is -2.43. The molecule has 1 amide bonds. The van der Waals surface area contributed by atoms with E-state index in [0.717, 1.165) is 23.3 Å². The van der Waals surface area contributed by atoms with E-state index in [1.807, 2.05) is 48.5 Å². The fourth-order valence-electron chi connectivity index (χ4n) is 3.45. The van der Waals surface area contributed by atoms with Gasteiger partial charge >= 0.3 is 0 Å². The predicted molar refractivity (Wildman–Crippen MR) is 120 cm³/mol. The SMILES string of the molecule is Cl.NCCc1ccc(Oc2ccc(F)c(C(=O)NC3COc4ccccc4C3)c2)cc1. The molecule has 162 valence electrons. The smallest absolute Gasteiger partial charge is 0.254 e. The van der Waals surface area contributed by atoms with E-state index in [-0.39, 0.29) is 24.0 Å². The summed E-state index contributed by atoms with van der Waals surface area (Å²) < 4.78 is 25.8. The van der Waals surface area contributed by atoms with Gasteiger partial charge in [0.2, 0.25) is 0 Å². The maximum Gasteiger partial charge on any atom is 0.254 e. The minimum atomic E-state index is -0.602. The minimum Gasteiger partial charge on any atom is -0.491 e. The van der Waals surface area contributed by atoms with E-state index >= 15 is 0 Å². The molecule has 3 aromatic rings. The van der Waals surface area contributed by atoms with Crippen molar-refractivity contribution in [1.29, 1.82) is 0 Å². The van der Waals surface area contributed by atoms with Crippen LogP contribution in [0.5, 0.6) is 17.2 Å². The highest BCUT2D eigenvalue weighted by atomic mass is 35.5. The van der Waals surface area contributed by atoms with Gasteiger partial charge in [-0.25, -0.2) is 4.39 Å². The molecular formula is C24H24ClFN2O3. The molecule has 0 aliphatic carbocycles. The number of carbonyl (C=O) groups excluding carboxylic acids is 1. The van der Waals surface area contributed by atoms with Gasteiger partial charge in [0.15, 0.2) is 0 Å². The van der Waals surface area contributed by atoms with Crippen molar-refractivity contribution in [1.82, 2.24) is 5.32 Å². The highest BCUT2D eigenvalue weighted by molar-refractivity contribution is 5.95. The molecule has 5 nitrogen and oxygen atoms in total. The summed E-state index contributed by atoms with van der Waals surface area (Å²) in [6, 6.07) is 19.1. The molecule has 0 saturated carbocycles. The van der Waals surface area contributed by atoms with Crippen molar-refractivity contribution < 1.29 is 18.7 Å². The lowest BCUT2D eigenvalue weighted by molar-refractivity contribution is 0.0911. The molecule has 1 heterocycles. The van der Waals surface area contributed by atoms with Gasteiger partial charge in [0.05, 0.1) is 11.6 Å². The van der Waals surface area contributed by atoms with Crippen molar-refractivity contribution in [3.05, 3.63) is 89.2 Å². The Morgan fingerprint density at radius 3 is 2.61 bits per heavy atom. The number of para-hydroxylation sites is 1. The number of nitrogens with two attached hydrogens (primary N) is 1. The van der Waals surface area contributed by atoms with Gasteiger partial charge in [-0.15, -0.1) is 12.4 Å². The van der Waals surface area contributed by atoms with Crippen LogP contribution in [0.15, 0.2) is 66.7 Å². The summed E-state index contributed by atoms with van der Waals surface area (Å²) in [5.74, 6) is 0.714. The highest BCUT2D eigenvalue weighted by Crippen LogP contribution is 2.26. The third kappa shape index (κ3) is 5.54. The normalized spacial score (nSPS) is 14.6. The summed E-state index contributed by atoms with van der Waals surface area (Å²) in [5, 5.41) is 2.86. The number of nitrogens with one attached hydrogen (secondary N) is 1. The molecule has 1 atom stereocenters. The number of rotatable bonds is 6. The monoisotopic (exact) mass is 442 g/mol. The van der Waals surface area contributed by atoms with Crippen LogP contribution in [0.2, 0.25) is 0 Å². The van der Waals surface area contributed by atoms with Crippen LogP contribution in [-0.2, 0) is 12.8 Å². The fraction of sp³-hybridized carbons (Fsp3) is 0.208. The average Bonchev–Trinajstić information content (AvgIpc) is 2.76. The van der Waals surface area contributed by atoms with E-state index in [1.54, 1.807) is 0 Å². The lowest BCUT2D eigenvalue weighted by Gasteiger charge is -2.26. The Hall–Kier alpha value is -3.09. The van der Waals surface area contributed by atoms with Gasteiger partial charge in [-0.05, 0) is 66.9 Å². The first kappa shape index (κ1) is 22.6. The molecule has 3 aromatic carbocycles. The zero-order chi connectivity index (χ0) is 20.9. The molecule has 31 heavy (non-hydrogen) atoms. The first-order chi connectivity index (χ1) is 14.6. The molecule has 0 fully saturated rings. The maximum absolute atomic E-state index is 14.3. The predicted octanol–water partition coefficient (Wildman–Crippen LogP) is 4.27. The van der Waals surface area contributed by atoms with Gasteiger partial charge in [0.25, 0.3) is 5.91 Å².